The molecule has 0 amide bonds. The van der Waals surface area contributed by atoms with Crippen molar-refractivity contribution in [1.82, 2.24) is 9.88 Å². The highest BCUT2D eigenvalue weighted by molar-refractivity contribution is 5.87. The third kappa shape index (κ3) is 3.32. The average Bonchev–Trinajstić information content (AvgIpc) is 2.18. The van der Waals surface area contributed by atoms with E-state index in [9.17, 15) is 4.79 Å². The summed E-state index contributed by atoms with van der Waals surface area (Å²) in [7, 11) is 2.01. The van der Waals surface area contributed by atoms with Gasteiger partial charge in [0.2, 0.25) is 0 Å². The smallest absolute Gasteiger partial charge is 0.337 e. The summed E-state index contributed by atoms with van der Waals surface area (Å²) in [5.41, 5.74) is 1.11. The number of aromatic carboxylic acids is 1. The second-order valence-electron chi connectivity index (χ2n) is 3.85. The van der Waals surface area contributed by atoms with Crippen LogP contribution in [0.15, 0.2) is 18.3 Å². The van der Waals surface area contributed by atoms with E-state index in [2.05, 4.69) is 23.7 Å². The van der Waals surface area contributed by atoms with Crippen molar-refractivity contribution in [2.45, 2.75) is 26.4 Å². The van der Waals surface area contributed by atoms with Crippen molar-refractivity contribution in [2.75, 3.05) is 7.05 Å². The van der Waals surface area contributed by atoms with Gasteiger partial charge in [-0.3, -0.25) is 9.88 Å². The molecule has 0 aliphatic carbocycles. The van der Waals surface area contributed by atoms with Crippen molar-refractivity contribution in [1.29, 1.82) is 0 Å². The average molecular weight is 208 g/mol. The molecule has 0 radical (unpaired) electrons. The third-order valence-corrected chi connectivity index (χ3v) is 2.36. The van der Waals surface area contributed by atoms with Crippen LogP contribution in [0.4, 0.5) is 0 Å². The molecule has 0 aromatic carbocycles. The summed E-state index contributed by atoms with van der Waals surface area (Å²) in [5.74, 6) is -0.939. The van der Waals surface area contributed by atoms with E-state index in [4.69, 9.17) is 5.11 Å². The summed E-state index contributed by atoms with van der Waals surface area (Å²) < 4.78 is 0. The highest BCUT2D eigenvalue weighted by atomic mass is 16.4. The van der Waals surface area contributed by atoms with Crippen LogP contribution < -0.4 is 0 Å². The first-order valence-electron chi connectivity index (χ1n) is 4.89. The molecule has 4 nitrogen and oxygen atoms in total. The van der Waals surface area contributed by atoms with Crippen molar-refractivity contribution in [2.24, 2.45) is 0 Å². The van der Waals surface area contributed by atoms with Crippen LogP contribution in [0.2, 0.25) is 0 Å². The van der Waals surface area contributed by atoms with Crippen LogP contribution in [0.1, 0.15) is 29.9 Å². The molecule has 1 rings (SSSR count). The molecule has 0 spiro atoms. The Kier molecular flexibility index (Phi) is 3.80. The Morgan fingerprint density at radius 1 is 1.53 bits per heavy atom. The van der Waals surface area contributed by atoms with Crippen molar-refractivity contribution in [3.8, 4) is 0 Å². The number of carboxylic acid groups (broad SMARTS) is 1. The predicted octanol–water partition coefficient (Wildman–Crippen LogP) is 1.62. The molecule has 0 bridgehead atoms. The molecular formula is C11H16N2O2. The van der Waals surface area contributed by atoms with Gasteiger partial charge in [-0.15, -0.1) is 0 Å². The van der Waals surface area contributed by atoms with Crippen LogP contribution in [0.25, 0.3) is 0 Å². The van der Waals surface area contributed by atoms with Gasteiger partial charge in [-0.05, 0) is 33.0 Å². The minimum absolute atomic E-state index is 0.228. The second-order valence-corrected chi connectivity index (χ2v) is 3.85. The lowest BCUT2D eigenvalue weighted by molar-refractivity contribution is 0.0696. The summed E-state index contributed by atoms with van der Waals surface area (Å²) in [5, 5.41) is 8.70. The van der Waals surface area contributed by atoms with Crippen molar-refractivity contribution in [3.05, 3.63) is 29.6 Å². The first-order chi connectivity index (χ1) is 7.00. The van der Waals surface area contributed by atoms with Gasteiger partial charge in [-0.2, -0.15) is 0 Å². The molecule has 82 valence electrons. The molecule has 0 atom stereocenters. The molecule has 0 saturated carbocycles. The molecule has 0 fully saturated rings. The molecule has 15 heavy (non-hydrogen) atoms. The normalized spacial score (nSPS) is 11.0. The number of carbonyl (C=O) groups is 1. The maximum absolute atomic E-state index is 10.6. The second kappa shape index (κ2) is 4.89. The minimum Gasteiger partial charge on any atom is -0.478 e. The van der Waals surface area contributed by atoms with Crippen LogP contribution >= 0.6 is 0 Å². The Morgan fingerprint density at radius 2 is 2.20 bits per heavy atom. The molecule has 1 aromatic heterocycles. The molecule has 0 unspecified atom stereocenters. The first kappa shape index (κ1) is 11.7. The Balaban J connectivity index is 2.68. The summed E-state index contributed by atoms with van der Waals surface area (Å²) in [6.07, 6.45) is 1.39. The number of pyridine rings is 1. The number of hydrogen-bond acceptors (Lipinski definition) is 3. The van der Waals surface area contributed by atoms with Crippen molar-refractivity contribution >= 4 is 5.97 Å². The van der Waals surface area contributed by atoms with Gasteiger partial charge in [0, 0.05) is 18.8 Å². The van der Waals surface area contributed by atoms with Crippen LogP contribution in [0, 0.1) is 0 Å². The lowest BCUT2D eigenvalue weighted by Gasteiger charge is -2.20. The monoisotopic (exact) mass is 208 g/mol. The third-order valence-electron chi connectivity index (χ3n) is 2.36. The number of carboxylic acids is 1. The van der Waals surface area contributed by atoms with Gasteiger partial charge < -0.3 is 5.11 Å². The van der Waals surface area contributed by atoms with E-state index in [1.165, 1.54) is 6.20 Å². The lowest BCUT2D eigenvalue weighted by Crippen LogP contribution is -2.26. The molecule has 1 heterocycles. The zero-order chi connectivity index (χ0) is 11.4. The Hall–Kier alpha value is -1.42. The molecule has 4 heteroatoms. The van der Waals surface area contributed by atoms with Crippen molar-refractivity contribution < 1.29 is 9.90 Å². The number of rotatable bonds is 4. The van der Waals surface area contributed by atoms with E-state index in [0.717, 1.165) is 12.2 Å². The maximum Gasteiger partial charge on any atom is 0.337 e. The summed E-state index contributed by atoms with van der Waals surface area (Å²) >= 11 is 0. The fraction of sp³-hybridized carbons (Fsp3) is 0.455. The van der Waals surface area contributed by atoms with Gasteiger partial charge in [-0.25, -0.2) is 4.79 Å². The quantitative estimate of drug-likeness (QED) is 0.817. The fourth-order valence-electron chi connectivity index (χ4n) is 1.08. The summed E-state index contributed by atoms with van der Waals surface area (Å²) in [6.45, 7) is 4.94. The highest BCUT2D eigenvalue weighted by Gasteiger charge is 2.06. The van der Waals surface area contributed by atoms with Crippen LogP contribution in [-0.4, -0.2) is 34.0 Å². The lowest BCUT2D eigenvalue weighted by atomic mass is 10.2. The SMILES string of the molecule is CC(C)N(C)Cc1ccc(C(=O)O)cn1. The fourth-order valence-corrected chi connectivity index (χ4v) is 1.08. The number of hydrogen-bond donors (Lipinski definition) is 1. The van der Waals surface area contributed by atoms with E-state index < -0.39 is 5.97 Å². The number of nitrogens with zero attached hydrogens (tertiary/aromatic N) is 2. The maximum atomic E-state index is 10.6. The van der Waals surface area contributed by atoms with Gasteiger partial charge in [0.05, 0.1) is 11.3 Å². The van der Waals surface area contributed by atoms with Gasteiger partial charge in [0.25, 0.3) is 0 Å². The van der Waals surface area contributed by atoms with Gasteiger partial charge in [0.1, 0.15) is 0 Å². The molecule has 1 aromatic rings. The van der Waals surface area contributed by atoms with Gasteiger partial charge in [-0.1, -0.05) is 0 Å². The minimum atomic E-state index is -0.939. The Labute approximate surface area is 89.6 Å². The zero-order valence-electron chi connectivity index (χ0n) is 9.27. The van der Waals surface area contributed by atoms with Crippen LogP contribution in [-0.2, 0) is 6.54 Å². The standard InChI is InChI=1S/C11H16N2O2/c1-8(2)13(3)7-10-5-4-9(6-12-10)11(14)15/h4-6,8H,7H2,1-3H3,(H,14,15). The molecule has 0 aliphatic rings. The Morgan fingerprint density at radius 3 is 2.60 bits per heavy atom. The number of aromatic nitrogens is 1. The molecular weight excluding hydrogens is 192 g/mol. The largest absolute Gasteiger partial charge is 0.478 e. The van der Waals surface area contributed by atoms with E-state index in [1.807, 2.05) is 7.05 Å². The summed E-state index contributed by atoms with van der Waals surface area (Å²) in [4.78, 5) is 16.8. The van der Waals surface area contributed by atoms with E-state index in [0.29, 0.717) is 6.04 Å². The van der Waals surface area contributed by atoms with E-state index in [-0.39, 0.29) is 5.56 Å². The van der Waals surface area contributed by atoms with Crippen molar-refractivity contribution in [3.63, 3.8) is 0 Å². The zero-order valence-corrected chi connectivity index (χ0v) is 9.27. The molecule has 0 saturated heterocycles. The Bertz CT molecular complexity index is 333. The predicted molar refractivity (Wildman–Crippen MR) is 57.8 cm³/mol. The van der Waals surface area contributed by atoms with Gasteiger partial charge in [0.15, 0.2) is 0 Å². The summed E-state index contributed by atoms with van der Waals surface area (Å²) in [6, 6.07) is 3.78. The topological polar surface area (TPSA) is 53.4 Å². The highest BCUT2D eigenvalue weighted by Crippen LogP contribution is 2.05. The van der Waals surface area contributed by atoms with E-state index >= 15 is 0 Å². The van der Waals surface area contributed by atoms with E-state index in [1.54, 1.807) is 12.1 Å². The van der Waals surface area contributed by atoms with Crippen LogP contribution in [0.5, 0.6) is 0 Å². The first-order valence-corrected chi connectivity index (χ1v) is 4.89. The molecule has 1 N–H and O–H groups in total. The van der Waals surface area contributed by atoms with Crippen LogP contribution in [0.3, 0.4) is 0 Å². The molecule has 0 aliphatic heterocycles. The van der Waals surface area contributed by atoms with Gasteiger partial charge >= 0.3 is 5.97 Å².